The van der Waals surface area contributed by atoms with Crippen molar-refractivity contribution in [3.05, 3.63) is 60.3 Å². The van der Waals surface area contributed by atoms with E-state index < -0.39 is 17.9 Å². The van der Waals surface area contributed by atoms with Crippen molar-refractivity contribution in [3.63, 3.8) is 0 Å². The molecule has 0 saturated carbocycles. The molecule has 0 aromatic carbocycles. The van der Waals surface area contributed by atoms with Crippen LogP contribution in [0.4, 0.5) is 0 Å². The van der Waals surface area contributed by atoms with Gasteiger partial charge in [-0.05, 0) is 44.9 Å². The lowest BCUT2D eigenvalue weighted by molar-refractivity contribution is -0.323. The van der Waals surface area contributed by atoms with Crippen molar-refractivity contribution in [3.8, 4) is 0 Å². The fourth-order valence-corrected chi connectivity index (χ4v) is 4.30. The first kappa shape index (κ1) is 31.5. The first-order valence-corrected chi connectivity index (χ1v) is 12.6. The molecule has 200 valence electrons. The highest BCUT2D eigenvalue weighted by Gasteiger charge is 2.45. The van der Waals surface area contributed by atoms with Crippen LogP contribution in [0.1, 0.15) is 66.7 Å². The molecule has 7 heteroatoms. The second-order valence-corrected chi connectivity index (χ2v) is 10.1. The summed E-state index contributed by atoms with van der Waals surface area (Å²) in [7, 11) is 0. The molecular weight excluding hydrogens is 460 g/mol. The van der Waals surface area contributed by atoms with Crippen LogP contribution in [0.3, 0.4) is 0 Å². The Morgan fingerprint density at radius 1 is 1.08 bits per heavy atom. The van der Waals surface area contributed by atoms with E-state index in [4.69, 9.17) is 24.2 Å². The first-order chi connectivity index (χ1) is 16.9. The van der Waals surface area contributed by atoms with Crippen LogP contribution in [0.2, 0.25) is 0 Å². The summed E-state index contributed by atoms with van der Waals surface area (Å²) >= 11 is 0. The van der Waals surface area contributed by atoms with Gasteiger partial charge in [-0.1, -0.05) is 75.0 Å². The number of carboxylic acids is 1. The maximum absolute atomic E-state index is 10.6. The first-order valence-electron chi connectivity index (χ1n) is 12.6. The average Bonchev–Trinajstić information content (AvgIpc) is 2.82. The zero-order chi connectivity index (χ0) is 27.3. The summed E-state index contributed by atoms with van der Waals surface area (Å²) in [5, 5.41) is 18.9. The van der Waals surface area contributed by atoms with Gasteiger partial charge < -0.3 is 19.7 Å². The molecule has 7 nitrogen and oxygen atoms in total. The van der Waals surface area contributed by atoms with Crippen molar-refractivity contribution < 1.29 is 34.1 Å². The molecule has 2 N–H and O–H groups in total. The van der Waals surface area contributed by atoms with E-state index in [1.165, 1.54) is 6.08 Å². The monoisotopic (exact) mass is 502 g/mol. The van der Waals surface area contributed by atoms with Gasteiger partial charge in [-0.2, -0.15) is 9.59 Å². The number of aliphatic hydroxyl groups excluding tert-OH is 1. The van der Waals surface area contributed by atoms with E-state index in [-0.39, 0.29) is 24.3 Å². The Kier molecular flexibility index (Phi) is 13.6. The minimum absolute atomic E-state index is 0.0448. The van der Waals surface area contributed by atoms with E-state index in [9.17, 15) is 9.90 Å². The second-order valence-electron chi connectivity index (χ2n) is 10.1. The molecule has 0 aromatic rings. The Morgan fingerprint density at radius 2 is 1.69 bits per heavy atom. The molecule has 0 bridgehead atoms. The number of aliphatic hydroxyl groups is 1. The van der Waals surface area contributed by atoms with Crippen LogP contribution in [0.25, 0.3) is 0 Å². The van der Waals surface area contributed by atoms with Gasteiger partial charge in [-0.3, -0.25) is 0 Å². The van der Waals surface area contributed by atoms with Crippen molar-refractivity contribution in [1.82, 2.24) is 0 Å². The molecule has 2 saturated heterocycles. The van der Waals surface area contributed by atoms with Crippen LogP contribution in [0.5, 0.6) is 0 Å². The zero-order valence-corrected chi connectivity index (χ0v) is 22.2. The highest BCUT2D eigenvalue weighted by Crippen LogP contribution is 2.43. The number of allylic oxidation sites excluding steroid dienone is 4. The quantitative estimate of drug-likeness (QED) is 0.321. The van der Waals surface area contributed by atoms with Crippen LogP contribution in [0, 0.1) is 17.8 Å². The van der Waals surface area contributed by atoms with Crippen LogP contribution >= 0.6 is 0 Å². The standard InChI is InChI=1S/C28H42O5.CO2/c1-19(2)7-12-25-22(5)15-17-28(32-25)18-16-23(6)26(33-28)13-9-20(3)8-11-24(29)21(4)10-14-27(30)31;2-1-3/h7-12,14,21-26,29H,1,13,15-18H2,2-6H3,(H,30,31);/b11-8+,12-7+,14-10+,20-9+;/t21-,22-,23-,24-,25-,26+,28-;/m0./s1. The molecule has 0 amide bonds. The zero-order valence-electron chi connectivity index (χ0n) is 22.2. The lowest BCUT2D eigenvalue weighted by Crippen LogP contribution is -2.51. The van der Waals surface area contributed by atoms with Crippen LogP contribution in [0.15, 0.2) is 60.3 Å². The number of carbonyl (C=O) groups excluding carboxylic acids is 2. The van der Waals surface area contributed by atoms with Crippen molar-refractivity contribution >= 4 is 12.1 Å². The normalized spacial score (nSPS) is 30.7. The number of aliphatic carboxylic acids is 1. The van der Waals surface area contributed by atoms with Gasteiger partial charge in [0.1, 0.15) is 0 Å². The molecular formula is C29H42O7. The SMILES string of the molecule is C=C(C)/C=C/[C@@H]1O[C@]2(CC[C@@H]1C)CC[C@H](C)[C@@H](C/C=C(C)/C=C/[C@H](O)[C@@H](C)/C=C/C(=O)O)O2.O=C=O. The summed E-state index contributed by atoms with van der Waals surface area (Å²) in [6.45, 7) is 14.2. The van der Waals surface area contributed by atoms with Gasteiger partial charge in [0.05, 0.1) is 18.3 Å². The molecule has 36 heavy (non-hydrogen) atoms. The minimum Gasteiger partial charge on any atom is -0.478 e. The predicted molar refractivity (Wildman–Crippen MR) is 138 cm³/mol. The summed E-state index contributed by atoms with van der Waals surface area (Å²) < 4.78 is 13.2. The molecule has 2 aliphatic rings. The van der Waals surface area contributed by atoms with Gasteiger partial charge in [0.25, 0.3) is 0 Å². The van der Waals surface area contributed by atoms with Gasteiger partial charge >= 0.3 is 12.1 Å². The maximum Gasteiger partial charge on any atom is 0.373 e. The van der Waals surface area contributed by atoms with Crippen molar-refractivity contribution in [2.24, 2.45) is 17.8 Å². The van der Waals surface area contributed by atoms with Crippen LogP contribution in [-0.4, -0.2) is 46.4 Å². The topological polar surface area (TPSA) is 110 Å². The van der Waals surface area contributed by atoms with Crippen LogP contribution in [-0.2, 0) is 23.9 Å². The molecule has 2 aliphatic heterocycles. The average molecular weight is 503 g/mol. The predicted octanol–water partition coefficient (Wildman–Crippen LogP) is 5.39. The molecule has 2 fully saturated rings. The molecule has 0 aromatic heterocycles. The van der Waals surface area contributed by atoms with Gasteiger partial charge in [0, 0.05) is 24.8 Å². The molecule has 1 spiro atoms. The smallest absolute Gasteiger partial charge is 0.373 e. The molecule has 0 unspecified atom stereocenters. The van der Waals surface area contributed by atoms with E-state index >= 15 is 0 Å². The fourth-order valence-electron chi connectivity index (χ4n) is 4.30. The molecule has 0 radical (unpaired) electrons. The lowest BCUT2D eigenvalue weighted by atomic mass is 9.83. The Morgan fingerprint density at radius 3 is 2.28 bits per heavy atom. The van der Waals surface area contributed by atoms with Crippen LogP contribution < -0.4 is 0 Å². The Balaban J connectivity index is 0.00000205. The number of hydrogen-bond acceptors (Lipinski definition) is 6. The third-order valence-electron chi connectivity index (χ3n) is 6.75. The maximum atomic E-state index is 10.6. The minimum atomic E-state index is -1.01. The van der Waals surface area contributed by atoms with E-state index in [1.807, 2.05) is 26.0 Å². The summed E-state index contributed by atoms with van der Waals surface area (Å²) in [5.41, 5.74) is 2.06. The van der Waals surface area contributed by atoms with Gasteiger partial charge in [0.15, 0.2) is 5.79 Å². The second kappa shape index (κ2) is 15.5. The number of carbonyl (C=O) groups is 1. The van der Waals surface area contributed by atoms with E-state index in [1.54, 1.807) is 13.0 Å². The molecule has 0 aliphatic carbocycles. The lowest BCUT2D eigenvalue weighted by Gasteiger charge is -2.49. The van der Waals surface area contributed by atoms with Gasteiger partial charge in [0.2, 0.25) is 0 Å². The Bertz CT molecular complexity index is 874. The van der Waals surface area contributed by atoms with Crippen molar-refractivity contribution in [2.45, 2.75) is 90.8 Å². The van der Waals surface area contributed by atoms with E-state index in [0.29, 0.717) is 11.8 Å². The van der Waals surface area contributed by atoms with Crippen molar-refractivity contribution in [1.29, 1.82) is 0 Å². The Labute approximate surface area is 215 Å². The fraction of sp³-hybridized carbons (Fsp3) is 0.586. The van der Waals surface area contributed by atoms with E-state index in [2.05, 4.69) is 32.6 Å². The number of ether oxygens (including phenoxy) is 2. The Hall–Kier alpha value is -2.57. The molecule has 2 rings (SSSR count). The van der Waals surface area contributed by atoms with E-state index in [0.717, 1.165) is 49.3 Å². The van der Waals surface area contributed by atoms with Gasteiger partial charge in [-0.25, -0.2) is 4.79 Å². The third-order valence-corrected chi connectivity index (χ3v) is 6.75. The number of carboxylic acid groups (broad SMARTS) is 1. The summed E-state index contributed by atoms with van der Waals surface area (Å²) in [5.74, 6) is -0.887. The van der Waals surface area contributed by atoms with Crippen molar-refractivity contribution in [2.75, 3.05) is 0 Å². The van der Waals surface area contributed by atoms with Gasteiger partial charge in [-0.15, -0.1) is 0 Å². The summed E-state index contributed by atoms with van der Waals surface area (Å²) in [4.78, 5) is 26.9. The summed E-state index contributed by atoms with van der Waals surface area (Å²) in [6, 6.07) is 0. The highest BCUT2D eigenvalue weighted by molar-refractivity contribution is 5.79. The molecule has 2 heterocycles. The highest BCUT2D eigenvalue weighted by atomic mass is 16.7. The number of hydrogen-bond donors (Lipinski definition) is 2. The number of rotatable bonds is 9. The molecule has 7 atom stereocenters. The largest absolute Gasteiger partial charge is 0.478 e. The summed E-state index contributed by atoms with van der Waals surface area (Å²) in [6.07, 6.45) is 16.9. The third kappa shape index (κ3) is 11.0.